The van der Waals surface area contributed by atoms with Crippen LogP contribution < -0.4 is 0 Å². The zero-order valence-corrected chi connectivity index (χ0v) is 8.07. The Morgan fingerprint density at radius 2 is 2.00 bits per heavy atom. The largest absolute Gasteiger partial charge is 0.378 e. The molecule has 1 heterocycles. The summed E-state index contributed by atoms with van der Waals surface area (Å²) in [6, 6.07) is 0. The molecule has 0 N–H and O–H groups in total. The summed E-state index contributed by atoms with van der Waals surface area (Å²) in [4.78, 5) is 2.43. The molecule has 0 aromatic rings. The maximum atomic E-state index is 2.43. The molecule has 0 amide bonds. The summed E-state index contributed by atoms with van der Waals surface area (Å²) >= 11 is 1.88. The first-order valence-electron chi connectivity index (χ1n) is 4.33. The summed E-state index contributed by atoms with van der Waals surface area (Å²) in [7, 11) is 0. The van der Waals surface area contributed by atoms with Crippen LogP contribution in [0, 0.1) is 0 Å². The second-order valence-electron chi connectivity index (χ2n) is 2.94. The lowest BCUT2D eigenvalue weighted by Crippen LogP contribution is -2.24. The molecule has 0 radical (unpaired) electrons. The molecule has 0 aliphatic carbocycles. The van der Waals surface area contributed by atoms with Gasteiger partial charge in [0.15, 0.2) is 0 Å². The molecule has 1 nitrogen and oxygen atoms in total. The maximum Gasteiger partial charge on any atom is 0.0172 e. The van der Waals surface area contributed by atoms with Gasteiger partial charge in [-0.3, -0.25) is 0 Å². The number of thioether (sulfide) groups is 1. The lowest BCUT2D eigenvalue weighted by molar-refractivity contribution is 0.309. The van der Waals surface area contributed by atoms with E-state index in [9.17, 15) is 0 Å². The van der Waals surface area contributed by atoms with Crippen molar-refractivity contribution in [2.75, 3.05) is 25.1 Å². The van der Waals surface area contributed by atoms with Crippen molar-refractivity contribution in [3.05, 3.63) is 12.3 Å². The van der Waals surface area contributed by atoms with Crippen LogP contribution in [-0.4, -0.2) is 30.0 Å². The molecule has 2 heteroatoms. The molecule has 0 bridgehead atoms. The normalized spacial score (nSPS) is 19.5. The molecule has 0 aromatic carbocycles. The third kappa shape index (κ3) is 3.71. The fraction of sp³-hybridized carbons (Fsp3) is 0.778. The zero-order chi connectivity index (χ0) is 7.94. The van der Waals surface area contributed by atoms with Gasteiger partial charge in [0.25, 0.3) is 0 Å². The minimum absolute atomic E-state index is 1.15. The lowest BCUT2D eigenvalue weighted by atomic mass is 10.1. The molecule has 1 rings (SSSR count). The van der Waals surface area contributed by atoms with E-state index in [-0.39, 0.29) is 0 Å². The molecule has 1 aliphatic rings. The lowest BCUT2D eigenvalue weighted by Gasteiger charge is -2.24. The molecule has 0 saturated carbocycles. The Morgan fingerprint density at radius 3 is 2.64 bits per heavy atom. The molecule has 11 heavy (non-hydrogen) atoms. The molecular weight excluding hydrogens is 154 g/mol. The highest BCUT2D eigenvalue weighted by Gasteiger charge is 2.03. The van der Waals surface area contributed by atoms with Gasteiger partial charge >= 0.3 is 0 Å². The van der Waals surface area contributed by atoms with Gasteiger partial charge in [-0.15, -0.1) is 0 Å². The summed E-state index contributed by atoms with van der Waals surface area (Å²) in [5.41, 5.74) is 0. The topological polar surface area (TPSA) is 3.24 Å². The molecule has 64 valence electrons. The average molecular weight is 171 g/mol. The van der Waals surface area contributed by atoms with Gasteiger partial charge in [-0.1, -0.05) is 6.08 Å². The number of hydrogen-bond donors (Lipinski definition) is 0. The van der Waals surface area contributed by atoms with Gasteiger partial charge in [-0.25, -0.2) is 0 Å². The van der Waals surface area contributed by atoms with Crippen LogP contribution in [0.1, 0.15) is 19.3 Å². The van der Waals surface area contributed by atoms with Crippen molar-refractivity contribution < 1.29 is 0 Å². The molecule has 0 spiro atoms. The van der Waals surface area contributed by atoms with E-state index in [1.165, 1.54) is 32.4 Å². The average Bonchev–Trinajstić information content (AvgIpc) is 2.07. The minimum Gasteiger partial charge on any atom is -0.378 e. The monoisotopic (exact) mass is 171 g/mol. The van der Waals surface area contributed by atoms with E-state index in [4.69, 9.17) is 0 Å². The van der Waals surface area contributed by atoms with Crippen molar-refractivity contribution in [1.82, 2.24) is 4.90 Å². The summed E-state index contributed by atoms with van der Waals surface area (Å²) in [6.07, 6.45) is 10.8. The fourth-order valence-corrected chi connectivity index (χ4v) is 1.63. The molecule has 0 unspecified atom stereocenters. The van der Waals surface area contributed by atoms with Crippen LogP contribution in [0.2, 0.25) is 0 Å². The fourth-order valence-electron chi connectivity index (χ4n) is 1.36. The molecular formula is C9H17NS. The van der Waals surface area contributed by atoms with Crippen molar-refractivity contribution in [1.29, 1.82) is 0 Å². The van der Waals surface area contributed by atoms with Gasteiger partial charge in [0.1, 0.15) is 0 Å². The van der Waals surface area contributed by atoms with Gasteiger partial charge in [0.2, 0.25) is 0 Å². The van der Waals surface area contributed by atoms with E-state index in [2.05, 4.69) is 23.4 Å². The maximum absolute atomic E-state index is 2.43. The number of nitrogens with zero attached hydrogens (tertiary/aromatic N) is 1. The van der Waals surface area contributed by atoms with Crippen LogP contribution >= 0.6 is 11.8 Å². The Hall–Kier alpha value is -0.110. The van der Waals surface area contributed by atoms with E-state index in [1.54, 1.807) is 0 Å². The second kappa shape index (κ2) is 5.53. The van der Waals surface area contributed by atoms with Gasteiger partial charge < -0.3 is 4.90 Å². The van der Waals surface area contributed by atoms with Crippen LogP contribution in [0.15, 0.2) is 12.3 Å². The molecule has 0 atom stereocenters. The predicted molar refractivity (Wildman–Crippen MR) is 52.9 cm³/mol. The Morgan fingerprint density at radius 1 is 1.27 bits per heavy atom. The first kappa shape index (κ1) is 8.98. The standard InChI is InChI=1S/C9H17NS/c1-11-9-5-8-10-6-3-2-4-7-10/h5,8H,2-4,6-7,9H2,1H3. The van der Waals surface area contributed by atoms with Gasteiger partial charge in [0.05, 0.1) is 0 Å². The SMILES string of the molecule is CSCC=CN1CCCCC1. The highest BCUT2D eigenvalue weighted by atomic mass is 32.2. The predicted octanol–water partition coefficient (Wildman–Crippen LogP) is 2.35. The van der Waals surface area contributed by atoms with Crippen LogP contribution in [0.4, 0.5) is 0 Å². The third-order valence-corrected chi connectivity index (χ3v) is 2.50. The summed E-state index contributed by atoms with van der Waals surface area (Å²) < 4.78 is 0. The quantitative estimate of drug-likeness (QED) is 0.641. The number of likely N-dealkylation sites (tertiary alicyclic amines) is 1. The Balaban J connectivity index is 2.13. The van der Waals surface area contributed by atoms with E-state index >= 15 is 0 Å². The zero-order valence-electron chi connectivity index (χ0n) is 7.25. The third-order valence-electron chi connectivity index (χ3n) is 1.97. The summed E-state index contributed by atoms with van der Waals surface area (Å²) in [6.45, 7) is 2.54. The van der Waals surface area contributed by atoms with Crippen molar-refractivity contribution in [2.24, 2.45) is 0 Å². The minimum atomic E-state index is 1.15. The van der Waals surface area contributed by atoms with Crippen molar-refractivity contribution in [2.45, 2.75) is 19.3 Å². The first-order valence-corrected chi connectivity index (χ1v) is 5.72. The number of rotatable bonds is 3. The van der Waals surface area contributed by atoms with E-state index in [0.717, 1.165) is 5.75 Å². The molecule has 1 saturated heterocycles. The van der Waals surface area contributed by atoms with Gasteiger partial charge in [-0.05, 0) is 31.7 Å². The second-order valence-corrected chi connectivity index (χ2v) is 3.85. The van der Waals surface area contributed by atoms with Gasteiger partial charge in [-0.2, -0.15) is 11.8 Å². The first-order chi connectivity index (χ1) is 5.43. The van der Waals surface area contributed by atoms with Crippen LogP contribution in [-0.2, 0) is 0 Å². The summed E-state index contributed by atoms with van der Waals surface area (Å²) in [5, 5.41) is 0. The Kier molecular flexibility index (Phi) is 4.51. The number of hydrogen-bond acceptors (Lipinski definition) is 2. The van der Waals surface area contributed by atoms with Crippen molar-refractivity contribution in [3.8, 4) is 0 Å². The smallest absolute Gasteiger partial charge is 0.0172 e. The number of piperidine rings is 1. The summed E-state index contributed by atoms with van der Waals surface area (Å²) in [5.74, 6) is 1.15. The van der Waals surface area contributed by atoms with Crippen molar-refractivity contribution >= 4 is 11.8 Å². The highest BCUT2D eigenvalue weighted by molar-refractivity contribution is 7.98. The van der Waals surface area contributed by atoms with Gasteiger partial charge in [0, 0.05) is 18.8 Å². The van der Waals surface area contributed by atoms with Crippen LogP contribution in [0.3, 0.4) is 0 Å². The van der Waals surface area contributed by atoms with E-state index in [0.29, 0.717) is 0 Å². The molecule has 0 aromatic heterocycles. The van der Waals surface area contributed by atoms with Crippen LogP contribution in [0.25, 0.3) is 0 Å². The van der Waals surface area contributed by atoms with E-state index < -0.39 is 0 Å². The molecule has 1 fully saturated rings. The highest BCUT2D eigenvalue weighted by Crippen LogP contribution is 2.08. The molecule has 1 aliphatic heterocycles. The Labute approximate surface area is 73.8 Å². The Bertz CT molecular complexity index is 117. The van der Waals surface area contributed by atoms with Crippen LogP contribution in [0.5, 0.6) is 0 Å². The van der Waals surface area contributed by atoms with E-state index in [1.807, 2.05) is 11.8 Å². The van der Waals surface area contributed by atoms with Crippen molar-refractivity contribution in [3.63, 3.8) is 0 Å².